The van der Waals surface area contributed by atoms with Crippen molar-refractivity contribution < 1.29 is 4.92 Å². The molecule has 0 radical (unpaired) electrons. The van der Waals surface area contributed by atoms with Crippen LogP contribution in [0, 0.1) is 21.8 Å². The summed E-state index contributed by atoms with van der Waals surface area (Å²) in [5.41, 5.74) is 1.29. The van der Waals surface area contributed by atoms with Crippen molar-refractivity contribution >= 4 is 24.1 Å². The number of aromatic nitrogens is 3. The van der Waals surface area contributed by atoms with Crippen LogP contribution in [0.15, 0.2) is 29.6 Å². The number of H-pyrrole nitrogens is 1. The zero-order valence-corrected chi connectivity index (χ0v) is 10.2. The molecule has 0 atom stereocenters. The molecular weight excluding hydrogens is 254 g/mol. The monoisotopic (exact) mass is 263 g/mol. The first-order valence-corrected chi connectivity index (χ1v) is 5.40. The summed E-state index contributed by atoms with van der Waals surface area (Å²) in [7, 11) is 0. The minimum absolute atomic E-state index is 0.0646. The number of hydrogen-bond donors (Lipinski definition) is 1. The van der Waals surface area contributed by atoms with Crippen LogP contribution in [0.5, 0.6) is 0 Å². The lowest BCUT2D eigenvalue weighted by Crippen LogP contribution is -1.94. The van der Waals surface area contributed by atoms with Gasteiger partial charge < -0.3 is 0 Å². The Balaban J connectivity index is 2.33. The first-order chi connectivity index (χ1) is 8.58. The molecule has 0 unspecified atom stereocenters. The third-order valence-corrected chi connectivity index (χ3v) is 2.57. The first-order valence-electron chi connectivity index (χ1n) is 4.99. The molecule has 8 heteroatoms. The Morgan fingerprint density at radius 1 is 1.61 bits per heavy atom. The molecule has 0 fully saturated rings. The Labute approximate surface area is 107 Å². The van der Waals surface area contributed by atoms with Gasteiger partial charge in [0, 0.05) is 17.2 Å². The number of nitro benzene ring substituents is 1. The Morgan fingerprint density at radius 3 is 3.00 bits per heavy atom. The van der Waals surface area contributed by atoms with E-state index in [9.17, 15) is 10.1 Å². The second kappa shape index (κ2) is 4.88. The summed E-state index contributed by atoms with van der Waals surface area (Å²) in [5.74, 6) is 0. The second-order valence-corrected chi connectivity index (χ2v) is 3.94. The summed E-state index contributed by atoms with van der Waals surface area (Å²) in [6, 6.07) is 4.88. The van der Waals surface area contributed by atoms with E-state index in [1.54, 1.807) is 19.1 Å². The van der Waals surface area contributed by atoms with Crippen LogP contribution >= 0.6 is 12.2 Å². The van der Waals surface area contributed by atoms with E-state index < -0.39 is 4.92 Å². The van der Waals surface area contributed by atoms with Gasteiger partial charge >= 0.3 is 0 Å². The number of aryl methyl sites for hydroxylation is 1. The lowest BCUT2D eigenvalue weighted by atomic mass is 10.1. The van der Waals surface area contributed by atoms with Crippen molar-refractivity contribution in [1.82, 2.24) is 14.9 Å². The number of nitrogens with one attached hydrogen (secondary N) is 1. The largest absolute Gasteiger partial charge is 0.272 e. The van der Waals surface area contributed by atoms with E-state index in [1.165, 1.54) is 23.3 Å². The number of aromatic amines is 1. The first kappa shape index (κ1) is 12.1. The van der Waals surface area contributed by atoms with Crippen LogP contribution in [-0.2, 0) is 0 Å². The number of nitrogens with zero attached hydrogens (tertiary/aromatic N) is 4. The topological polar surface area (TPSA) is 89.1 Å². The molecule has 0 spiro atoms. The zero-order valence-electron chi connectivity index (χ0n) is 9.40. The van der Waals surface area contributed by atoms with Crippen LogP contribution < -0.4 is 0 Å². The highest BCUT2D eigenvalue weighted by atomic mass is 32.1. The van der Waals surface area contributed by atoms with Gasteiger partial charge in [-0.2, -0.15) is 14.9 Å². The van der Waals surface area contributed by atoms with E-state index in [1.807, 2.05) is 0 Å². The molecule has 7 nitrogen and oxygen atoms in total. The van der Waals surface area contributed by atoms with Crippen molar-refractivity contribution in [1.29, 1.82) is 0 Å². The molecule has 0 saturated carbocycles. The Kier molecular flexibility index (Phi) is 3.28. The van der Waals surface area contributed by atoms with E-state index in [-0.39, 0.29) is 5.69 Å². The molecule has 2 aromatic rings. The Morgan fingerprint density at radius 2 is 2.39 bits per heavy atom. The van der Waals surface area contributed by atoms with Gasteiger partial charge in [0.05, 0.1) is 11.1 Å². The highest BCUT2D eigenvalue weighted by molar-refractivity contribution is 7.71. The number of benzene rings is 1. The zero-order chi connectivity index (χ0) is 13.1. The van der Waals surface area contributed by atoms with Crippen LogP contribution in [0.4, 0.5) is 5.69 Å². The van der Waals surface area contributed by atoms with Crippen LogP contribution in [-0.4, -0.2) is 26.0 Å². The van der Waals surface area contributed by atoms with Crippen molar-refractivity contribution in [2.45, 2.75) is 6.92 Å². The lowest BCUT2D eigenvalue weighted by molar-refractivity contribution is -0.385. The average molecular weight is 263 g/mol. The van der Waals surface area contributed by atoms with Crippen molar-refractivity contribution in [2.75, 3.05) is 0 Å². The predicted molar refractivity (Wildman–Crippen MR) is 68.2 cm³/mol. The third kappa shape index (κ3) is 2.48. The normalized spacial score (nSPS) is 10.9. The third-order valence-electron chi connectivity index (χ3n) is 2.30. The van der Waals surface area contributed by atoms with Gasteiger partial charge in [-0.1, -0.05) is 12.1 Å². The molecule has 0 aliphatic rings. The molecule has 2 rings (SSSR count). The molecule has 0 amide bonds. The molecule has 18 heavy (non-hydrogen) atoms. The molecule has 1 heterocycles. The van der Waals surface area contributed by atoms with Gasteiger partial charge in [-0.05, 0) is 19.1 Å². The highest BCUT2D eigenvalue weighted by Crippen LogP contribution is 2.18. The van der Waals surface area contributed by atoms with Gasteiger partial charge in [-0.25, -0.2) is 0 Å². The van der Waals surface area contributed by atoms with Crippen LogP contribution in [0.3, 0.4) is 0 Å². The van der Waals surface area contributed by atoms with Crippen molar-refractivity contribution in [3.63, 3.8) is 0 Å². The molecule has 0 aliphatic heterocycles. The number of rotatable bonds is 3. The van der Waals surface area contributed by atoms with E-state index in [4.69, 9.17) is 12.2 Å². The molecule has 0 aliphatic carbocycles. The van der Waals surface area contributed by atoms with Crippen molar-refractivity contribution in [3.05, 3.63) is 50.5 Å². The predicted octanol–water partition coefficient (Wildman–Crippen LogP) is 2.04. The van der Waals surface area contributed by atoms with Gasteiger partial charge in [0.1, 0.15) is 6.33 Å². The van der Waals surface area contributed by atoms with E-state index in [2.05, 4.69) is 15.3 Å². The summed E-state index contributed by atoms with van der Waals surface area (Å²) in [6.45, 7) is 1.69. The van der Waals surface area contributed by atoms with Gasteiger partial charge in [0.2, 0.25) is 4.77 Å². The van der Waals surface area contributed by atoms with Crippen molar-refractivity contribution in [2.24, 2.45) is 5.10 Å². The second-order valence-electron chi connectivity index (χ2n) is 3.55. The highest BCUT2D eigenvalue weighted by Gasteiger charge is 2.09. The fraction of sp³-hybridized carbons (Fsp3) is 0.100. The quantitative estimate of drug-likeness (QED) is 0.397. The van der Waals surface area contributed by atoms with E-state index >= 15 is 0 Å². The minimum atomic E-state index is -0.420. The molecule has 0 bridgehead atoms. The standard InChI is InChI=1S/C10H9N5O2S/c1-7-2-3-8(4-9(7)15(16)17)5-12-14-6-11-13-10(14)18/h2-6H,1H3,(H,13,18)/b12-5-. The van der Waals surface area contributed by atoms with E-state index in [0.717, 1.165) is 0 Å². The minimum Gasteiger partial charge on any atom is -0.258 e. The van der Waals surface area contributed by atoms with Gasteiger partial charge in [-0.15, -0.1) is 0 Å². The fourth-order valence-corrected chi connectivity index (χ4v) is 1.50. The summed E-state index contributed by atoms with van der Waals surface area (Å²) >= 11 is 4.91. The summed E-state index contributed by atoms with van der Waals surface area (Å²) in [4.78, 5) is 10.4. The summed E-state index contributed by atoms with van der Waals surface area (Å²) in [5, 5.41) is 21.1. The molecule has 92 valence electrons. The van der Waals surface area contributed by atoms with Crippen LogP contribution in [0.25, 0.3) is 0 Å². The van der Waals surface area contributed by atoms with Gasteiger partial charge in [0.15, 0.2) is 0 Å². The maximum atomic E-state index is 10.8. The molecular formula is C10H9N5O2S. The SMILES string of the molecule is Cc1ccc(/C=N\n2cn[nH]c2=S)cc1[N+](=O)[O-]. The summed E-state index contributed by atoms with van der Waals surface area (Å²) < 4.78 is 1.72. The summed E-state index contributed by atoms with van der Waals surface area (Å²) in [6.07, 6.45) is 2.90. The smallest absolute Gasteiger partial charge is 0.258 e. The van der Waals surface area contributed by atoms with Crippen LogP contribution in [0.1, 0.15) is 11.1 Å². The lowest BCUT2D eigenvalue weighted by Gasteiger charge is -1.98. The van der Waals surface area contributed by atoms with E-state index in [0.29, 0.717) is 15.9 Å². The van der Waals surface area contributed by atoms with Crippen molar-refractivity contribution in [3.8, 4) is 0 Å². The number of hydrogen-bond acceptors (Lipinski definition) is 5. The molecule has 1 aromatic heterocycles. The Bertz CT molecular complexity index is 673. The number of nitro groups is 1. The maximum absolute atomic E-state index is 10.8. The van der Waals surface area contributed by atoms with Gasteiger partial charge in [0.25, 0.3) is 5.69 Å². The molecule has 1 N–H and O–H groups in total. The Hall–Kier alpha value is -2.35. The average Bonchev–Trinajstić information content (AvgIpc) is 2.73. The molecule has 1 aromatic carbocycles. The van der Waals surface area contributed by atoms with Gasteiger partial charge in [-0.3, -0.25) is 15.2 Å². The van der Waals surface area contributed by atoms with Crippen LogP contribution in [0.2, 0.25) is 0 Å². The maximum Gasteiger partial charge on any atom is 0.272 e. The molecule has 0 saturated heterocycles. The fourth-order valence-electron chi connectivity index (χ4n) is 1.36.